The minimum Gasteiger partial charge on any atom is -0.207 e. The molecule has 0 heterocycles. The summed E-state index contributed by atoms with van der Waals surface area (Å²) < 4.78 is 12.8. The molecular weight excluding hydrogens is 351 g/mol. The molecule has 0 fully saturated rings. The van der Waals surface area contributed by atoms with Gasteiger partial charge < -0.3 is 0 Å². The van der Waals surface area contributed by atoms with Gasteiger partial charge in [0.25, 0.3) is 0 Å². The average molecular weight is 367 g/mol. The van der Waals surface area contributed by atoms with Crippen LogP contribution < -0.4 is 0 Å². The fourth-order valence-corrected chi connectivity index (χ4v) is 3.51. The third-order valence-corrected chi connectivity index (χ3v) is 5.27. The summed E-state index contributed by atoms with van der Waals surface area (Å²) in [7, 11) is 0. The minimum absolute atomic E-state index is 0.250. The Labute approximate surface area is 145 Å². The molecule has 0 aromatic heterocycles. The second kappa shape index (κ2) is 6.29. The number of hydrogen-bond acceptors (Lipinski definition) is 0. The first kappa shape index (κ1) is 15.9. The number of benzene rings is 3. The van der Waals surface area contributed by atoms with Gasteiger partial charge in [-0.15, -0.1) is 0 Å². The van der Waals surface area contributed by atoms with Gasteiger partial charge >= 0.3 is 0 Å². The fourth-order valence-electron chi connectivity index (χ4n) is 2.75. The molecule has 3 rings (SSSR count). The Morgan fingerprint density at radius 2 is 1.17 bits per heavy atom. The maximum Gasteiger partial charge on any atom is 0.123 e. The molecule has 3 aromatic rings. The van der Waals surface area contributed by atoms with E-state index in [1.807, 2.05) is 48.5 Å². The summed E-state index contributed by atoms with van der Waals surface area (Å²) in [6.07, 6.45) is 0. The van der Waals surface area contributed by atoms with Crippen molar-refractivity contribution in [1.29, 1.82) is 0 Å². The highest BCUT2D eigenvalue weighted by Crippen LogP contribution is 2.45. The molecule has 2 heteroatoms. The van der Waals surface area contributed by atoms with E-state index in [1.54, 1.807) is 12.1 Å². The standard InChI is InChI=1S/C21H16BrF/c1-15-5-3-7-18(13-15)21(22,17-9-11-20(23)12-10-17)19-8-4-6-16(2)14-19/h3-14H,1-2H2. The van der Waals surface area contributed by atoms with Gasteiger partial charge in [0, 0.05) is 0 Å². The summed E-state index contributed by atoms with van der Waals surface area (Å²) in [6.45, 7) is 8.04. The SMILES string of the molecule is [CH2]c1cccc(C(Br)(c2ccc(F)cc2)c2cccc([CH2])c2)c1. The number of halogens is 2. The number of rotatable bonds is 3. The van der Waals surface area contributed by atoms with E-state index in [4.69, 9.17) is 0 Å². The van der Waals surface area contributed by atoms with Gasteiger partial charge in [-0.1, -0.05) is 76.6 Å². The van der Waals surface area contributed by atoms with Crippen molar-refractivity contribution in [2.24, 2.45) is 0 Å². The van der Waals surface area contributed by atoms with Crippen molar-refractivity contribution in [3.63, 3.8) is 0 Å². The van der Waals surface area contributed by atoms with Crippen molar-refractivity contribution >= 4 is 15.9 Å². The summed E-state index contributed by atoms with van der Waals surface area (Å²) in [5.74, 6) is -0.250. The second-order valence-electron chi connectivity index (χ2n) is 5.57. The molecule has 0 aliphatic heterocycles. The Balaban J connectivity index is 2.27. The van der Waals surface area contributed by atoms with Crippen molar-refractivity contribution in [1.82, 2.24) is 0 Å². The van der Waals surface area contributed by atoms with Crippen LogP contribution >= 0.6 is 15.9 Å². The Morgan fingerprint density at radius 3 is 1.61 bits per heavy atom. The molecule has 23 heavy (non-hydrogen) atoms. The molecule has 0 nitrogen and oxygen atoms in total. The van der Waals surface area contributed by atoms with Gasteiger partial charge in [0.2, 0.25) is 0 Å². The van der Waals surface area contributed by atoms with Crippen LogP contribution in [0.4, 0.5) is 4.39 Å². The Hall–Kier alpha value is -1.93. The highest BCUT2D eigenvalue weighted by Gasteiger charge is 2.33. The Bertz CT molecular complexity index is 776. The third-order valence-electron chi connectivity index (χ3n) is 3.89. The molecule has 2 radical (unpaired) electrons. The first-order valence-corrected chi connectivity index (χ1v) is 8.09. The summed E-state index contributed by atoms with van der Waals surface area (Å²) in [6, 6.07) is 22.6. The van der Waals surface area contributed by atoms with E-state index in [1.165, 1.54) is 12.1 Å². The molecule has 0 aliphatic rings. The molecule has 0 unspecified atom stereocenters. The van der Waals surface area contributed by atoms with E-state index in [0.717, 1.165) is 27.8 Å². The molecule has 0 atom stereocenters. The molecule has 0 amide bonds. The van der Waals surface area contributed by atoms with Gasteiger partial charge in [-0.05, 0) is 53.8 Å². The van der Waals surface area contributed by atoms with Crippen molar-refractivity contribution in [3.05, 3.63) is 120 Å². The molecule has 0 aliphatic carbocycles. The summed E-state index contributed by atoms with van der Waals surface area (Å²) in [4.78, 5) is 0. The molecule has 0 spiro atoms. The van der Waals surface area contributed by atoms with Crippen LogP contribution in [0.15, 0.2) is 72.8 Å². The van der Waals surface area contributed by atoms with Crippen molar-refractivity contribution < 1.29 is 4.39 Å². The normalized spacial score (nSPS) is 11.5. The topological polar surface area (TPSA) is 0 Å². The highest BCUT2D eigenvalue weighted by molar-refractivity contribution is 9.10. The maximum atomic E-state index is 13.4. The summed E-state index contributed by atoms with van der Waals surface area (Å²) in [5, 5.41) is 0. The number of hydrogen-bond donors (Lipinski definition) is 0. The van der Waals surface area contributed by atoms with E-state index >= 15 is 0 Å². The van der Waals surface area contributed by atoms with Gasteiger partial charge in [-0.2, -0.15) is 0 Å². The molecule has 114 valence electrons. The maximum absolute atomic E-state index is 13.4. The zero-order valence-corrected chi connectivity index (χ0v) is 14.2. The van der Waals surface area contributed by atoms with Crippen LogP contribution in [0.3, 0.4) is 0 Å². The lowest BCUT2D eigenvalue weighted by Crippen LogP contribution is -2.22. The second-order valence-corrected chi connectivity index (χ2v) is 6.76. The van der Waals surface area contributed by atoms with Crippen molar-refractivity contribution in [2.45, 2.75) is 4.32 Å². The quantitative estimate of drug-likeness (QED) is 0.401. The van der Waals surface area contributed by atoms with E-state index in [0.29, 0.717) is 0 Å². The van der Waals surface area contributed by atoms with Gasteiger partial charge in [-0.3, -0.25) is 0 Å². The van der Waals surface area contributed by atoms with Crippen LogP contribution in [0.2, 0.25) is 0 Å². The van der Waals surface area contributed by atoms with Crippen molar-refractivity contribution in [2.75, 3.05) is 0 Å². The average Bonchev–Trinajstić information content (AvgIpc) is 2.55. The summed E-state index contributed by atoms with van der Waals surface area (Å²) >= 11 is 3.92. The fraction of sp³-hybridized carbons (Fsp3) is 0.0476. The van der Waals surface area contributed by atoms with Crippen LogP contribution in [-0.2, 0) is 4.32 Å². The van der Waals surface area contributed by atoms with E-state index in [9.17, 15) is 4.39 Å². The summed E-state index contributed by atoms with van der Waals surface area (Å²) in [5.41, 5.74) is 4.90. The van der Waals surface area contributed by atoms with Crippen LogP contribution in [0.1, 0.15) is 27.8 Å². The molecular formula is C21H16BrF. The highest BCUT2D eigenvalue weighted by atomic mass is 79.9. The lowest BCUT2D eigenvalue weighted by Gasteiger charge is -2.30. The van der Waals surface area contributed by atoms with E-state index in [-0.39, 0.29) is 5.82 Å². The van der Waals surface area contributed by atoms with Crippen molar-refractivity contribution in [3.8, 4) is 0 Å². The zero-order chi connectivity index (χ0) is 16.4. The largest absolute Gasteiger partial charge is 0.207 e. The molecule has 0 saturated carbocycles. The zero-order valence-electron chi connectivity index (χ0n) is 12.6. The molecule has 3 aromatic carbocycles. The van der Waals surface area contributed by atoms with Crippen LogP contribution in [0, 0.1) is 19.7 Å². The lowest BCUT2D eigenvalue weighted by atomic mass is 9.84. The molecule has 0 bridgehead atoms. The van der Waals surface area contributed by atoms with Gasteiger partial charge in [0.1, 0.15) is 10.1 Å². The molecule has 0 saturated heterocycles. The smallest absolute Gasteiger partial charge is 0.123 e. The Kier molecular flexibility index (Phi) is 4.36. The Morgan fingerprint density at radius 1 is 0.696 bits per heavy atom. The number of alkyl halides is 1. The van der Waals surface area contributed by atoms with Gasteiger partial charge in [-0.25, -0.2) is 4.39 Å². The molecule has 0 N–H and O–H groups in total. The lowest BCUT2D eigenvalue weighted by molar-refractivity contribution is 0.626. The third kappa shape index (κ3) is 3.09. The first-order chi connectivity index (χ1) is 11.0. The van der Waals surface area contributed by atoms with Crippen LogP contribution in [0.25, 0.3) is 0 Å². The minimum atomic E-state index is -0.581. The monoisotopic (exact) mass is 366 g/mol. The van der Waals surface area contributed by atoms with E-state index in [2.05, 4.69) is 29.8 Å². The van der Waals surface area contributed by atoms with Crippen LogP contribution in [0.5, 0.6) is 0 Å². The predicted octanol–water partition coefficient (Wildman–Crippen LogP) is 5.88. The van der Waals surface area contributed by atoms with Gasteiger partial charge in [0.05, 0.1) is 0 Å². The predicted molar refractivity (Wildman–Crippen MR) is 97.0 cm³/mol. The van der Waals surface area contributed by atoms with Crippen LogP contribution in [-0.4, -0.2) is 0 Å². The first-order valence-electron chi connectivity index (χ1n) is 7.30. The van der Waals surface area contributed by atoms with Gasteiger partial charge in [0.15, 0.2) is 0 Å². The van der Waals surface area contributed by atoms with E-state index < -0.39 is 4.32 Å².